The van der Waals surface area contributed by atoms with Gasteiger partial charge in [0.25, 0.3) is 0 Å². The van der Waals surface area contributed by atoms with Crippen molar-refractivity contribution >= 4 is 29.7 Å². The smallest absolute Gasteiger partial charge is 0.408 e. The second kappa shape index (κ2) is 18.2. The first-order chi connectivity index (χ1) is 23.4. The Bertz CT molecular complexity index is 1470. The third-order valence-corrected chi connectivity index (χ3v) is 9.88. The second-order valence-corrected chi connectivity index (χ2v) is 15.2. The van der Waals surface area contributed by atoms with Crippen LogP contribution in [0.2, 0.25) is 0 Å². The van der Waals surface area contributed by atoms with Gasteiger partial charge in [0.1, 0.15) is 12.6 Å². The van der Waals surface area contributed by atoms with Crippen LogP contribution in [0.5, 0.6) is 0 Å². The van der Waals surface area contributed by atoms with E-state index in [0.29, 0.717) is 19.4 Å². The molecule has 1 fully saturated rings. The Morgan fingerprint density at radius 1 is 0.980 bits per heavy atom. The largest absolute Gasteiger partial charge is 0.445 e. The number of aliphatic hydroxyl groups excluding tert-OH is 1. The van der Waals surface area contributed by atoms with Crippen LogP contribution in [0.15, 0.2) is 90.1 Å². The van der Waals surface area contributed by atoms with Gasteiger partial charge in [-0.05, 0) is 75.8 Å². The predicted molar refractivity (Wildman–Crippen MR) is 193 cm³/mol. The molecule has 0 saturated carbocycles. The standard InChI is InChI=1S/C38H51N5O5S/c1-26(2)34(42-37(47)48-25-28-14-10-7-11-15-28)35(45)41-31(22-27-12-8-6-9-13-27)33(44)24-43(38(3,4)5)36(46)32-23-30(18-21-40-32)49-29-16-19-39-20-17-29/h6-17,19-20,26,30-34,40,44H,18,21-25H2,1-5H3,(H,41,45)(H,42,47)/t30-,31+,32+,33-,34+/m1/s1. The first kappa shape index (κ1) is 37.9. The summed E-state index contributed by atoms with van der Waals surface area (Å²) in [6.45, 7) is 10.3. The number of alkyl carbamates (subject to hydrolysis) is 1. The van der Waals surface area contributed by atoms with Crippen molar-refractivity contribution < 1.29 is 24.2 Å². The summed E-state index contributed by atoms with van der Waals surface area (Å²) in [4.78, 5) is 47.6. The maximum Gasteiger partial charge on any atom is 0.408 e. The monoisotopic (exact) mass is 689 g/mol. The fourth-order valence-corrected chi connectivity index (χ4v) is 7.02. The number of nitrogens with zero attached hydrogens (tertiary/aromatic N) is 2. The quantitative estimate of drug-likeness (QED) is 0.187. The number of carbonyl (C=O) groups is 3. The highest BCUT2D eigenvalue weighted by Crippen LogP contribution is 2.31. The number of aliphatic hydroxyl groups is 1. The Kier molecular flexibility index (Phi) is 14.0. The Morgan fingerprint density at radius 2 is 1.61 bits per heavy atom. The molecule has 49 heavy (non-hydrogen) atoms. The zero-order valence-electron chi connectivity index (χ0n) is 29.2. The van der Waals surface area contributed by atoms with E-state index in [0.717, 1.165) is 22.4 Å². The van der Waals surface area contributed by atoms with Gasteiger partial charge in [-0.3, -0.25) is 14.6 Å². The number of pyridine rings is 1. The number of hydrogen-bond donors (Lipinski definition) is 4. The van der Waals surface area contributed by atoms with Gasteiger partial charge >= 0.3 is 6.09 Å². The zero-order chi connectivity index (χ0) is 35.4. The van der Waals surface area contributed by atoms with E-state index in [9.17, 15) is 19.5 Å². The van der Waals surface area contributed by atoms with E-state index in [-0.39, 0.29) is 30.2 Å². The zero-order valence-corrected chi connectivity index (χ0v) is 30.0. The molecule has 2 heterocycles. The molecule has 4 rings (SSSR count). The first-order valence-corrected chi connectivity index (χ1v) is 17.9. The average Bonchev–Trinajstić information content (AvgIpc) is 3.08. The molecule has 3 amide bonds. The van der Waals surface area contributed by atoms with Crippen molar-refractivity contribution in [2.45, 2.75) is 100 Å². The number of nitrogens with one attached hydrogen (secondary N) is 3. The third-order valence-electron chi connectivity index (χ3n) is 8.58. The molecule has 0 spiro atoms. The van der Waals surface area contributed by atoms with Crippen molar-refractivity contribution in [1.82, 2.24) is 25.8 Å². The molecule has 10 nitrogen and oxygen atoms in total. The summed E-state index contributed by atoms with van der Waals surface area (Å²) in [6, 6.07) is 20.8. The summed E-state index contributed by atoms with van der Waals surface area (Å²) < 4.78 is 5.39. The topological polar surface area (TPSA) is 133 Å². The van der Waals surface area contributed by atoms with Crippen LogP contribution in [0.25, 0.3) is 0 Å². The number of benzene rings is 2. The van der Waals surface area contributed by atoms with E-state index in [4.69, 9.17) is 4.74 Å². The molecular formula is C38H51N5O5S. The number of carbonyl (C=O) groups excluding carboxylic acids is 3. The minimum Gasteiger partial charge on any atom is -0.445 e. The van der Waals surface area contributed by atoms with E-state index >= 15 is 0 Å². The molecule has 264 valence electrons. The predicted octanol–water partition coefficient (Wildman–Crippen LogP) is 4.96. The molecule has 1 aliphatic heterocycles. The molecule has 0 unspecified atom stereocenters. The Labute approximate surface area is 294 Å². The normalized spacial score (nSPS) is 18.2. The lowest BCUT2D eigenvalue weighted by molar-refractivity contribution is -0.141. The molecule has 0 aliphatic carbocycles. The summed E-state index contributed by atoms with van der Waals surface area (Å²) in [6.07, 6.45) is 3.66. The lowest BCUT2D eigenvalue weighted by atomic mass is 9.95. The number of β-amino-alcohol motifs (C(OH)–C–C–N with tert-alkyl or cyclic N) is 1. The van der Waals surface area contributed by atoms with Gasteiger partial charge < -0.3 is 30.7 Å². The van der Waals surface area contributed by atoms with Crippen molar-refractivity contribution in [2.75, 3.05) is 13.1 Å². The molecule has 5 atom stereocenters. The molecule has 1 saturated heterocycles. The molecule has 4 N–H and O–H groups in total. The first-order valence-electron chi connectivity index (χ1n) is 17.0. The highest BCUT2D eigenvalue weighted by atomic mass is 32.2. The van der Waals surface area contributed by atoms with E-state index < -0.39 is 41.8 Å². The number of hydrogen-bond acceptors (Lipinski definition) is 8. The van der Waals surface area contributed by atoms with Crippen LogP contribution in [0.1, 0.15) is 58.6 Å². The number of rotatable bonds is 14. The van der Waals surface area contributed by atoms with Crippen molar-refractivity contribution in [3.8, 4) is 0 Å². The highest BCUT2D eigenvalue weighted by molar-refractivity contribution is 8.00. The van der Waals surface area contributed by atoms with Gasteiger partial charge in [-0.25, -0.2) is 4.79 Å². The summed E-state index contributed by atoms with van der Waals surface area (Å²) >= 11 is 1.76. The van der Waals surface area contributed by atoms with Gasteiger partial charge in [0.2, 0.25) is 11.8 Å². The van der Waals surface area contributed by atoms with Gasteiger partial charge in [0.15, 0.2) is 0 Å². The molecular weight excluding hydrogens is 639 g/mol. The van der Waals surface area contributed by atoms with Gasteiger partial charge in [-0.1, -0.05) is 74.5 Å². The van der Waals surface area contributed by atoms with Gasteiger partial charge in [0.05, 0.1) is 18.2 Å². The van der Waals surface area contributed by atoms with Crippen LogP contribution in [-0.4, -0.2) is 81.0 Å². The summed E-state index contributed by atoms with van der Waals surface area (Å²) in [5, 5.41) is 21.2. The summed E-state index contributed by atoms with van der Waals surface area (Å²) in [5.41, 5.74) is 1.15. The fourth-order valence-electron chi connectivity index (χ4n) is 5.83. The van der Waals surface area contributed by atoms with Gasteiger partial charge in [0, 0.05) is 34.6 Å². The minimum absolute atomic E-state index is 0.0132. The number of aromatic nitrogens is 1. The number of ether oxygens (including phenoxy) is 1. The van der Waals surface area contributed by atoms with Crippen LogP contribution in [0.4, 0.5) is 4.79 Å². The summed E-state index contributed by atoms with van der Waals surface area (Å²) in [5.74, 6) is -0.786. The molecule has 1 aliphatic rings. The lowest BCUT2D eigenvalue weighted by Crippen LogP contribution is -2.61. The Morgan fingerprint density at radius 3 is 2.22 bits per heavy atom. The van der Waals surface area contributed by atoms with Crippen molar-refractivity contribution in [3.05, 3.63) is 96.3 Å². The number of amides is 3. The molecule has 0 radical (unpaired) electrons. The van der Waals surface area contributed by atoms with Crippen LogP contribution >= 0.6 is 11.8 Å². The van der Waals surface area contributed by atoms with E-state index in [1.54, 1.807) is 29.1 Å². The molecule has 2 aromatic carbocycles. The van der Waals surface area contributed by atoms with Crippen molar-refractivity contribution in [3.63, 3.8) is 0 Å². The van der Waals surface area contributed by atoms with Crippen LogP contribution in [-0.2, 0) is 27.4 Å². The van der Waals surface area contributed by atoms with Crippen molar-refractivity contribution in [1.29, 1.82) is 0 Å². The van der Waals surface area contributed by atoms with E-state index in [1.807, 2.05) is 107 Å². The Balaban J connectivity index is 1.46. The molecule has 11 heteroatoms. The van der Waals surface area contributed by atoms with Gasteiger partial charge in [-0.15, -0.1) is 11.8 Å². The van der Waals surface area contributed by atoms with E-state index in [1.165, 1.54) is 0 Å². The van der Waals surface area contributed by atoms with Crippen molar-refractivity contribution in [2.24, 2.45) is 5.92 Å². The summed E-state index contributed by atoms with van der Waals surface area (Å²) in [7, 11) is 0. The second-order valence-electron chi connectivity index (χ2n) is 13.9. The SMILES string of the molecule is CC(C)[C@H](NC(=O)OCc1ccccc1)C(=O)N[C@@H](Cc1ccccc1)[C@H](O)CN(C(=O)[C@@H]1C[C@H](Sc2ccncc2)CCN1)C(C)(C)C. The average molecular weight is 690 g/mol. The minimum atomic E-state index is -1.10. The van der Waals surface area contributed by atoms with Crippen LogP contribution < -0.4 is 16.0 Å². The van der Waals surface area contributed by atoms with E-state index in [2.05, 4.69) is 20.9 Å². The highest BCUT2D eigenvalue weighted by Gasteiger charge is 2.38. The fraction of sp³-hybridized carbons (Fsp3) is 0.474. The molecule has 1 aromatic heterocycles. The third kappa shape index (κ3) is 11.9. The van der Waals surface area contributed by atoms with Gasteiger partial charge in [-0.2, -0.15) is 0 Å². The maximum absolute atomic E-state index is 14.1. The number of piperidine rings is 1. The Hall–Kier alpha value is -3.93. The van der Waals surface area contributed by atoms with Crippen LogP contribution in [0, 0.1) is 5.92 Å². The lowest BCUT2D eigenvalue weighted by Gasteiger charge is -2.42. The molecule has 3 aromatic rings. The van der Waals surface area contributed by atoms with Crippen LogP contribution in [0.3, 0.4) is 0 Å². The maximum atomic E-state index is 14.1. The molecule has 0 bridgehead atoms. The number of thioether (sulfide) groups is 1.